The van der Waals surface area contributed by atoms with Crippen LogP contribution in [0.1, 0.15) is 34.9 Å². The first-order valence-electron chi connectivity index (χ1n) is 8.35. The third kappa shape index (κ3) is 4.32. The fourth-order valence-electron chi connectivity index (χ4n) is 2.27. The van der Waals surface area contributed by atoms with Gasteiger partial charge in [-0.2, -0.15) is 0 Å². The normalized spacial score (nSPS) is 13.9. The molecule has 1 aliphatic carbocycles. The van der Waals surface area contributed by atoms with Gasteiger partial charge in [0.15, 0.2) is 17.3 Å². The summed E-state index contributed by atoms with van der Waals surface area (Å²) in [5, 5.41) is 16.5. The van der Waals surface area contributed by atoms with Crippen LogP contribution in [0.15, 0.2) is 35.5 Å². The van der Waals surface area contributed by atoms with Gasteiger partial charge in [-0.25, -0.2) is 9.67 Å². The highest BCUT2D eigenvalue weighted by atomic mass is 35.5. The summed E-state index contributed by atoms with van der Waals surface area (Å²) < 4.78 is 2.10. The van der Waals surface area contributed by atoms with Crippen LogP contribution < -0.4 is 0 Å². The second-order valence-electron chi connectivity index (χ2n) is 5.99. The standard InChI is InChI=1S/C18H15ClN6OS/c1-25-18(21-23-24-25)16(13-5-3-2-4-6-13)22-26-11-14-17(19)27-15(20-14)10-9-12-7-8-12/h2-6,12H,7-8,11H2,1H3/b22-16+. The first kappa shape index (κ1) is 17.6. The average molecular weight is 399 g/mol. The van der Waals surface area contributed by atoms with E-state index in [-0.39, 0.29) is 6.61 Å². The number of hydrogen-bond donors (Lipinski definition) is 0. The lowest BCUT2D eigenvalue weighted by Crippen LogP contribution is -2.12. The van der Waals surface area contributed by atoms with E-state index in [1.807, 2.05) is 30.3 Å². The smallest absolute Gasteiger partial charge is 0.204 e. The molecule has 2 heterocycles. The quantitative estimate of drug-likeness (QED) is 0.375. The first-order valence-corrected chi connectivity index (χ1v) is 9.55. The Morgan fingerprint density at radius 3 is 2.89 bits per heavy atom. The van der Waals surface area contributed by atoms with Crippen molar-refractivity contribution in [2.45, 2.75) is 19.4 Å². The Labute approximate surface area is 165 Å². The number of hydrogen-bond acceptors (Lipinski definition) is 7. The van der Waals surface area contributed by atoms with Crippen LogP contribution in [0.5, 0.6) is 0 Å². The average Bonchev–Trinajstić information content (AvgIpc) is 3.32. The molecule has 1 saturated carbocycles. The molecule has 0 spiro atoms. The Bertz CT molecular complexity index is 1030. The molecule has 136 valence electrons. The van der Waals surface area contributed by atoms with Crippen LogP contribution in [-0.2, 0) is 18.5 Å². The zero-order valence-electron chi connectivity index (χ0n) is 14.5. The Morgan fingerprint density at radius 1 is 1.37 bits per heavy atom. The van der Waals surface area contributed by atoms with E-state index in [0.717, 1.165) is 5.56 Å². The molecule has 4 rings (SSSR count). The van der Waals surface area contributed by atoms with Gasteiger partial charge >= 0.3 is 0 Å². The highest BCUT2D eigenvalue weighted by molar-refractivity contribution is 7.16. The summed E-state index contributed by atoms with van der Waals surface area (Å²) in [6, 6.07) is 9.58. The third-order valence-corrected chi connectivity index (χ3v) is 5.10. The van der Waals surface area contributed by atoms with Crippen molar-refractivity contribution in [3.8, 4) is 11.8 Å². The van der Waals surface area contributed by atoms with E-state index in [0.29, 0.717) is 32.5 Å². The Hall–Kier alpha value is -2.76. The molecule has 0 amide bonds. The molecule has 0 aliphatic heterocycles. The Morgan fingerprint density at radius 2 is 2.19 bits per heavy atom. The number of aryl methyl sites for hydroxylation is 1. The lowest BCUT2D eigenvalue weighted by molar-refractivity contribution is 0.128. The largest absolute Gasteiger partial charge is 0.389 e. The molecular weight excluding hydrogens is 384 g/mol. The van der Waals surface area contributed by atoms with Crippen molar-refractivity contribution in [1.29, 1.82) is 0 Å². The van der Waals surface area contributed by atoms with Crippen LogP contribution in [0.4, 0.5) is 0 Å². The van der Waals surface area contributed by atoms with Gasteiger partial charge in [-0.1, -0.05) is 64.3 Å². The highest BCUT2D eigenvalue weighted by Gasteiger charge is 2.18. The van der Waals surface area contributed by atoms with Gasteiger partial charge < -0.3 is 4.84 Å². The van der Waals surface area contributed by atoms with Gasteiger partial charge in [0.1, 0.15) is 10.0 Å². The molecule has 1 aromatic carbocycles. The van der Waals surface area contributed by atoms with Crippen molar-refractivity contribution in [1.82, 2.24) is 25.2 Å². The maximum atomic E-state index is 6.26. The molecule has 0 bridgehead atoms. The predicted molar refractivity (Wildman–Crippen MR) is 102 cm³/mol. The maximum absolute atomic E-state index is 6.26. The Kier molecular flexibility index (Phi) is 5.14. The lowest BCUT2D eigenvalue weighted by Gasteiger charge is -2.05. The lowest BCUT2D eigenvalue weighted by atomic mass is 10.1. The van der Waals surface area contributed by atoms with Crippen LogP contribution in [-0.4, -0.2) is 30.9 Å². The number of rotatable bonds is 5. The summed E-state index contributed by atoms with van der Waals surface area (Å²) in [5.41, 5.74) is 1.99. The van der Waals surface area contributed by atoms with Crippen LogP contribution >= 0.6 is 22.9 Å². The number of halogens is 1. The van der Waals surface area contributed by atoms with Crippen molar-refractivity contribution in [3.05, 3.63) is 56.8 Å². The molecule has 7 nitrogen and oxygen atoms in total. The zero-order chi connectivity index (χ0) is 18.6. The second-order valence-corrected chi connectivity index (χ2v) is 7.59. The molecule has 0 radical (unpaired) electrons. The van der Waals surface area contributed by atoms with E-state index < -0.39 is 0 Å². The van der Waals surface area contributed by atoms with Gasteiger partial charge in [-0.15, -0.1) is 5.10 Å². The summed E-state index contributed by atoms with van der Waals surface area (Å²) in [6.45, 7) is 0.141. The minimum absolute atomic E-state index is 0.141. The predicted octanol–water partition coefficient (Wildman–Crippen LogP) is 3.05. The van der Waals surface area contributed by atoms with Crippen molar-refractivity contribution in [2.24, 2.45) is 18.1 Å². The Balaban J connectivity index is 1.53. The fourth-order valence-corrected chi connectivity index (χ4v) is 3.25. The van der Waals surface area contributed by atoms with Gasteiger partial charge in [0.05, 0.1) is 0 Å². The number of thiazole rings is 1. The molecule has 27 heavy (non-hydrogen) atoms. The van der Waals surface area contributed by atoms with Crippen LogP contribution in [0.25, 0.3) is 0 Å². The summed E-state index contributed by atoms with van der Waals surface area (Å²) in [5.74, 6) is 7.27. The van der Waals surface area contributed by atoms with Crippen LogP contribution in [0.3, 0.4) is 0 Å². The monoisotopic (exact) mass is 398 g/mol. The molecule has 0 N–H and O–H groups in total. The number of oxime groups is 1. The third-order valence-electron chi connectivity index (χ3n) is 3.85. The number of tetrazole rings is 1. The van der Waals surface area contributed by atoms with E-state index in [2.05, 4.69) is 37.5 Å². The van der Waals surface area contributed by atoms with Gasteiger partial charge in [0.2, 0.25) is 5.82 Å². The molecular formula is C18H15ClN6OS. The van der Waals surface area contributed by atoms with Crippen LogP contribution in [0.2, 0.25) is 4.34 Å². The van der Waals surface area contributed by atoms with E-state index >= 15 is 0 Å². The molecule has 0 atom stereocenters. The van der Waals surface area contributed by atoms with Gasteiger partial charge in [0, 0.05) is 18.5 Å². The molecule has 0 unspecified atom stereocenters. The van der Waals surface area contributed by atoms with Crippen molar-refractivity contribution in [2.75, 3.05) is 0 Å². The molecule has 3 aromatic rings. The number of aromatic nitrogens is 5. The van der Waals surface area contributed by atoms with Gasteiger partial charge in [0.25, 0.3) is 0 Å². The van der Waals surface area contributed by atoms with E-state index in [9.17, 15) is 0 Å². The number of nitrogens with zero attached hydrogens (tertiary/aromatic N) is 6. The van der Waals surface area contributed by atoms with Crippen molar-refractivity contribution < 1.29 is 4.84 Å². The first-order chi connectivity index (χ1) is 13.2. The SMILES string of the molecule is Cn1nnnc1/C(=N/OCc1nc(C#CC2CC2)sc1Cl)c1ccccc1. The summed E-state index contributed by atoms with van der Waals surface area (Å²) >= 11 is 7.61. The summed E-state index contributed by atoms with van der Waals surface area (Å²) in [6.07, 6.45) is 2.35. The number of benzene rings is 1. The molecule has 1 fully saturated rings. The molecule has 1 aliphatic rings. The summed E-state index contributed by atoms with van der Waals surface area (Å²) in [4.78, 5) is 9.97. The maximum Gasteiger partial charge on any atom is 0.204 e. The van der Waals surface area contributed by atoms with Crippen molar-refractivity contribution in [3.63, 3.8) is 0 Å². The minimum Gasteiger partial charge on any atom is -0.389 e. The summed E-state index contributed by atoms with van der Waals surface area (Å²) in [7, 11) is 1.75. The molecule has 9 heteroatoms. The van der Waals surface area contributed by atoms with Gasteiger partial charge in [-0.3, -0.25) is 0 Å². The minimum atomic E-state index is 0.141. The highest BCUT2D eigenvalue weighted by Crippen LogP contribution is 2.29. The van der Waals surface area contributed by atoms with E-state index in [1.54, 1.807) is 7.05 Å². The van der Waals surface area contributed by atoms with Crippen molar-refractivity contribution >= 4 is 28.6 Å². The molecule has 2 aromatic heterocycles. The zero-order valence-corrected chi connectivity index (χ0v) is 16.0. The fraction of sp³-hybridized carbons (Fsp3) is 0.278. The molecule has 0 saturated heterocycles. The second kappa shape index (κ2) is 7.86. The van der Waals surface area contributed by atoms with E-state index in [1.165, 1.54) is 28.9 Å². The van der Waals surface area contributed by atoms with E-state index in [4.69, 9.17) is 16.4 Å². The van der Waals surface area contributed by atoms with Crippen LogP contribution in [0, 0.1) is 17.8 Å². The van der Waals surface area contributed by atoms with Gasteiger partial charge in [-0.05, 0) is 29.2 Å². The topological polar surface area (TPSA) is 78.1 Å².